The Morgan fingerprint density at radius 2 is 2.05 bits per heavy atom. The number of hydrogen-bond donors (Lipinski definition) is 1. The first-order valence-electron chi connectivity index (χ1n) is 7.45. The van der Waals surface area contributed by atoms with E-state index in [0.29, 0.717) is 12.1 Å². The van der Waals surface area contributed by atoms with Gasteiger partial charge in [0.2, 0.25) is 0 Å². The third-order valence-corrected chi connectivity index (χ3v) is 4.31. The molecule has 0 radical (unpaired) electrons. The van der Waals surface area contributed by atoms with Gasteiger partial charge in [-0.05, 0) is 31.2 Å². The van der Waals surface area contributed by atoms with Crippen molar-refractivity contribution in [3.8, 4) is 0 Å². The molecule has 1 aliphatic rings. The quantitative estimate of drug-likeness (QED) is 0.894. The van der Waals surface area contributed by atoms with E-state index >= 15 is 0 Å². The van der Waals surface area contributed by atoms with E-state index in [1.165, 1.54) is 41.9 Å². The summed E-state index contributed by atoms with van der Waals surface area (Å²) in [6, 6.07) is 0. The topological polar surface area (TPSA) is 56.0 Å². The lowest BCUT2D eigenvalue weighted by Gasteiger charge is -2.26. The molecule has 0 amide bonds. The second-order valence-electron chi connectivity index (χ2n) is 6.18. The van der Waals surface area contributed by atoms with E-state index in [2.05, 4.69) is 12.2 Å². The maximum atomic E-state index is 12.0. The highest BCUT2D eigenvalue weighted by Crippen LogP contribution is 2.27. The lowest BCUT2D eigenvalue weighted by molar-refractivity contribution is 0.274. The van der Waals surface area contributed by atoms with Gasteiger partial charge in [-0.25, -0.2) is 4.79 Å². The second-order valence-corrected chi connectivity index (χ2v) is 6.18. The van der Waals surface area contributed by atoms with Crippen LogP contribution in [0.4, 0.5) is 0 Å². The van der Waals surface area contributed by atoms with Crippen LogP contribution in [0.3, 0.4) is 0 Å². The van der Waals surface area contributed by atoms with E-state index in [1.54, 1.807) is 13.2 Å². The maximum absolute atomic E-state index is 12.0. The van der Waals surface area contributed by atoms with E-state index < -0.39 is 0 Å². The minimum Gasteiger partial charge on any atom is -0.312 e. The molecular weight excluding hydrogens is 254 g/mol. The highest BCUT2D eigenvalue weighted by Gasteiger charge is 2.18. The van der Waals surface area contributed by atoms with Crippen molar-refractivity contribution in [3.05, 3.63) is 32.6 Å². The molecule has 2 unspecified atom stereocenters. The van der Waals surface area contributed by atoms with Crippen molar-refractivity contribution in [1.82, 2.24) is 14.5 Å². The van der Waals surface area contributed by atoms with Crippen molar-refractivity contribution in [3.63, 3.8) is 0 Å². The standard InChI is InChI=1S/C15H25N3O2/c1-11-5-4-6-12(7-11)8-16-9-13-10-17(2)15(20)18(3)14(13)19/h10-12,16H,4-9H2,1-3H3. The number of aromatic nitrogens is 2. The fraction of sp³-hybridized carbons (Fsp3) is 0.733. The van der Waals surface area contributed by atoms with E-state index in [4.69, 9.17) is 0 Å². The van der Waals surface area contributed by atoms with Gasteiger partial charge in [0.25, 0.3) is 5.56 Å². The van der Waals surface area contributed by atoms with Crippen LogP contribution < -0.4 is 16.6 Å². The molecule has 1 aromatic heterocycles. The van der Waals surface area contributed by atoms with Gasteiger partial charge in [0.15, 0.2) is 0 Å². The number of nitrogens with one attached hydrogen (secondary N) is 1. The number of aryl methyl sites for hydroxylation is 1. The van der Waals surface area contributed by atoms with Gasteiger partial charge in [-0.15, -0.1) is 0 Å². The summed E-state index contributed by atoms with van der Waals surface area (Å²) in [5.41, 5.74) is 0.177. The molecule has 2 rings (SSSR count). The number of rotatable bonds is 4. The summed E-state index contributed by atoms with van der Waals surface area (Å²) < 4.78 is 2.63. The molecule has 1 saturated carbocycles. The van der Waals surface area contributed by atoms with Crippen molar-refractivity contribution in [1.29, 1.82) is 0 Å². The van der Waals surface area contributed by atoms with Gasteiger partial charge < -0.3 is 9.88 Å². The van der Waals surface area contributed by atoms with Crippen LogP contribution in [0, 0.1) is 11.8 Å². The smallest absolute Gasteiger partial charge is 0.312 e. The van der Waals surface area contributed by atoms with Crippen molar-refractivity contribution >= 4 is 0 Å². The van der Waals surface area contributed by atoms with Crippen molar-refractivity contribution < 1.29 is 0 Å². The Hall–Kier alpha value is -1.36. The van der Waals surface area contributed by atoms with Gasteiger partial charge in [0.1, 0.15) is 0 Å². The van der Waals surface area contributed by atoms with Crippen molar-refractivity contribution in [2.75, 3.05) is 6.54 Å². The molecule has 0 saturated heterocycles. The van der Waals surface area contributed by atoms with Crippen molar-refractivity contribution in [2.24, 2.45) is 25.9 Å². The Bertz CT molecular complexity index is 573. The van der Waals surface area contributed by atoms with Crippen LogP contribution in [0.5, 0.6) is 0 Å². The largest absolute Gasteiger partial charge is 0.330 e. The Labute approximate surface area is 119 Å². The van der Waals surface area contributed by atoms with Crippen molar-refractivity contribution in [2.45, 2.75) is 39.2 Å². The van der Waals surface area contributed by atoms with Crippen LogP contribution in [0.25, 0.3) is 0 Å². The summed E-state index contributed by atoms with van der Waals surface area (Å²) in [7, 11) is 3.20. The molecule has 1 aromatic rings. The van der Waals surface area contributed by atoms with E-state index in [-0.39, 0.29) is 11.2 Å². The molecule has 1 N–H and O–H groups in total. The molecule has 5 nitrogen and oxygen atoms in total. The Morgan fingerprint density at radius 1 is 1.30 bits per heavy atom. The summed E-state index contributed by atoms with van der Waals surface area (Å²) in [6.07, 6.45) is 6.86. The fourth-order valence-electron chi connectivity index (χ4n) is 3.16. The first kappa shape index (κ1) is 15.0. The van der Waals surface area contributed by atoms with Gasteiger partial charge in [0.05, 0.1) is 0 Å². The van der Waals surface area contributed by atoms with Gasteiger partial charge in [-0.3, -0.25) is 9.36 Å². The maximum Gasteiger partial charge on any atom is 0.330 e. The van der Waals surface area contributed by atoms with Gasteiger partial charge in [-0.1, -0.05) is 19.8 Å². The average molecular weight is 279 g/mol. The highest BCUT2D eigenvalue weighted by molar-refractivity contribution is 5.05. The molecule has 1 fully saturated rings. The zero-order valence-electron chi connectivity index (χ0n) is 12.7. The number of nitrogens with zero attached hydrogens (tertiary/aromatic N) is 2. The Balaban J connectivity index is 1.95. The van der Waals surface area contributed by atoms with Crippen LogP contribution in [-0.2, 0) is 20.6 Å². The second kappa shape index (κ2) is 6.39. The minimum atomic E-state index is -0.278. The molecule has 20 heavy (non-hydrogen) atoms. The lowest BCUT2D eigenvalue weighted by Crippen LogP contribution is -2.40. The van der Waals surface area contributed by atoms with Gasteiger partial charge in [0, 0.05) is 32.4 Å². The molecule has 1 heterocycles. The fourth-order valence-corrected chi connectivity index (χ4v) is 3.16. The molecule has 0 spiro atoms. The first-order valence-corrected chi connectivity index (χ1v) is 7.45. The zero-order chi connectivity index (χ0) is 14.7. The average Bonchev–Trinajstić information content (AvgIpc) is 2.42. The van der Waals surface area contributed by atoms with Gasteiger partial charge in [-0.2, -0.15) is 0 Å². The minimum absolute atomic E-state index is 0.197. The van der Waals surface area contributed by atoms with Gasteiger partial charge >= 0.3 is 5.69 Å². The summed E-state index contributed by atoms with van der Waals surface area (Å²) >= 11 is 0. The molecule has 2 atom stereocenters. The van der Waals surface area contributed by atoms with Crippen LogP contribution in [0.1, 0.15) is 38.2 Å². The van der Waals surface area contributed by atoms with Crippen LogP contribution >= 0.6 is 0 Å². The summed E-state index contributed by atoms with van der Waals surface area (Å²) in [6.45, 7) is 3.80. The predicted octanol–water partition coefficient (Wildman–Crippen LogP) is 1.000. The SMILES string of the molecule is CC1CCCC(CNCc2cn(C)c(=O)n(C)c2=O)C1. The number of hydrogen-bond acceptors (Lipinski definition) is 3. The third kappa shape index (κ3) is 3.39. The molecule has 0 aromatic carbocycles. The van der Waals surface area contributed by atoms with Crippen LogP contribution in [0.2, 0.25) is 0 Å². The normalized spacial score (nSPS) is 22.9. The lowest BCUT2D eigenvalue weighted by atomic mass is 9.82. The van der Waals surface area contributed by atoms with E-state index in [1.807, 2.05) is 0 Å². The summed E-state index contributed by atoms with van der Waals surface area (Å²) in [5.74, 6) is 1.54. The predicted molar refractivity (Wildman–Crippen MR) is 79.8 cm³/mol. The summed E-state index contributed by atoms with van der Waals surface area (Å²) in [4.78, 5) is 23.6. The highest BCUT2D eigenvalue weighted by atomic mass is 16.2. The zero-order valence-corrected chi connectivity index (χ0v) is 12.7. The molecule has 112 valence electrons. The summed E-state index contributed by atoms with van der Waals surface area (Å²) in [5, 5.41) is 3.38. The van der Waals surface area contributed by atoms with Crippen LogP contribution in [-0.4, -0.2) is 15.7 Å². The molecule has 0 aliphatic heterocycles. The van der Waals surface area contributed by atoms with E-state index in [9.17, 15) is 9.59 Å². The molecule has 1 aliphatic carbocycles. The van der Waals surface area contributed by atoms with Crippen LogP contribution in [0.15, 0.2) is 15.8 Å². The van der Waals surface area contributed by atoms with E-state index in [0.717, 1.165) is 18.4 Å². The molecule has 0 bridgehead atoms. The molecular formula is C15H25N3O2. The first-order chi connectivity index (χ1) is 9.49. The molecule has 5 heteroatoms. The third-order valence-electron chi connectivity index (χ3n) is 4.31. The Kier molecular flexibility index (Phi) is 4.81. The monoisotopic (exact) mass is 279 g/mol. The Morgan fingerprint density at radius 3 is 2.75 bits per heavy atom.